The minimum atomic E-state index is -0.758. The Morgan fingerprint density at radius 1 is 1.24 bits per heavy atom. The third kappa shape index (κ3) is 8.48. The molecule has 0 rings (SSSR count). The highest BCUT2D eigenvalue weighted by Crippen LogP contribution is 2.09. The summed E-state index contributed by atoms with van der Waals surface area (Å²) in [6, 6.07) is 0.0825. The minimum absolute atomic E-state index is 0.0798. The number of hydrogen-bond acceptors (Lipinski definition) is 2. The quantitative estimate of drug-likeness (QED) is 0.672. The predicted molar refractivity (Wildman–Crippen MR) is 67.7 cm³/mol. The van der Waals surface area contributed by atoms with Gasteiger partial charge in [-0.2, -0.15) is 0 Å². The van der Waals surface area contributed by atoms with Crippen LogP contribution in [0.1, 0.15) is 47.0 Å². The van der Waals surface area contributed by atoms with E-state index in [0.717, 1.165) is 18.4 Å². The Kier molecular flexibility index (Phi) is 7.26. The average Bonchev–Trinajstić information content (AvgIpc) is 2.15. The van der Waals surface area contributed by atoms with Gasteiger partial charge < -0.3 is 10.4 Å². The van der Waals surface area contributed by atoms with Crippen LogP contribution in [0, 0.1) is 5.92 Å². The molecule has 0 aliphatic carbocycles. The molecule has 0 aliphatic heterocycles. The largest absolute Gasteiger partial charge is 0.481 e. The average molecular weight is 241 g/mol. The molecule has 0 aromatic rings. The Balaban J connectivity index is 3.81. The smallest absolute Gasteiger partial charge is 0.306 e. The standard InChI is InChI=1S/C13H23NO3/c1-9(2)8-12(15)14-11(4)7-5-6-10(3)13(16)17/h8,10-11H,5-7H2,1-4H3,(H,14,15)(H,16,17). The van der Waals surface area contributed by atoms with E-state index >= 15 is 0 Å². The SMILES string of the molecule is CC(C)=CC(=O)NC(C)CCCC(C)C(=O)O. The highest BCUT2D eigenvalue weighted by Gasteiger charge is 2.11. The van der Waals surface area contributed by atoms with E-state index in [0.29, 0.717) is 6.42 Å². The minimum Gasteiger partial charge on any atom is -0.481 e. The molecule has 0 fully saturated rings. The highest BCUT2D eigenvalue weighted by molar-refractivity contribution is 5.88. The second kappa shape index (κ2) is 7.87. The lowest BCUT2D eigenvalue weighted by Gasteiger charge is -2.13. The summed E-state index contributed by atoms with van der Waals surface area (Å²) in [6.45, 7) is 7.38. The summed E-state index contributed by atoms with van der Waals surface area (Å²) in [4.78, 5) is 22.0. The van der Waals surface area contributed by atoms with Crippen LogP contribution >= 0.6 is 0 Å². The Hall–Kier alpha value is -1.32. The summed E-state index contributed by atoms with van der Waals surface area (Å²) in [5, 5.41) is 11.6. The molecule has 4 nitrogen and oxygen atoms in total. The van der Waals surface area contributed by atoms with Gasteiger partial charge >= 0.3 is 5.97 Å². The van der Waals surface area contributed by atoms with Gasteiger partial charge in [-0.25, -0.2) is 0 Å². The number of carboxylic acid groups (broad SMARTS) is 1. The first-order chi connectivity index (χ1) is 7.82. The van der Waals surface area contributed by atoms with Gasteiger partial charge in [-0.05, 0) is 33.6 Å². The van der Waals surface area contributed by atoms with Gasteiger partial charge in [-0.15, -0.1) is 0 Å². The lowest BCUT2D eigenvalue weighted by Crippen LogP contribution is -2.31. The molecule has 0 aromatic heterocycles. The molecule has 17 heavy (non-hydrogen) atoms. The van der Waals surface area contributed by atoms with Crippen LogP contribution in [-0.4, -0.2) is 23.0 Å². The molecular formula is C13H23NO3. The Morgan fingerprint density at radius 3 is 2.29 bits per heavy atom. The van der Waals surface area contributed by atoms with Crippen molar-refractivity contribution in [2.24, 2.45) is 5.92 Å². The van der Waals surface area contributed by atoms with Gasteiger partial charge in [0, 0.05) is 12.1 Å². The van der Waals surface area contributed by atoms with Crippen molar-refractivity contribution in [1.29, 1.82) is 0 Å². The Bertz CT molecular complexity index is 293. The van der Waals surface area contributed by atoms with E-state index in [-0.39, 0.29) is 17.9 Å². The van der Waals surface area contributed by atoms with Crippen molar-refractivity contribution in [3.8, 4) is 0 Å². The maximum Gasteiger partial charge on any atom is 0.306 e. The Labute approximate surface area is 103 Å². The second-order valence-electron chi connectivity index (χ2n) is 4.80. The summed E-state index contributed by atoms with van der Waals surface area (Å²) in [5.74, 6) is -1.15. The van der Waals surface area contributed by atoms with Gasteiger partial charge in [0.1, 0.15) is 0 Å². The van der Waals surface area contributed by atoms with Crippen LogP contribution in [0.5, 0.6) is 0 Å². The van der Waals surface area contributed by atoms with Crippen LogP contribution in [0.25, 0.3) is 0 Å². The number of nitrogens with one attached hydrogen (secondary N) is 1. The molecule has 0 heterocycles. The third-order valence-corrected chi connectivity index (χ3v) is 2.50. The summed E-state index contributed by atoms with van der Waals surface area (Å²) in [5.41, 5.74) is 0.967. The van der Waals surface area contributed by atoms with Crippen LogP contribution in [0.3, 0.4) is 0 Å². The van der Waals surface area contributed by atoms with E-state index in [9.17, 15) is 9.59 Å². The van der Waals surface area contributed by atoms with E-state index < -0.39 is 5.97 Å². The van der Waals surface area contributed by atoms with Gasteiger partial charge in [0.05, 0.1) is 5.92 Å². The lowest BCUT2D eigenvalue weighted by atomic mass is 10.0. The molecule has 4 heteroatoms. The zero-order valence-corrected chi connectivity index (χ0v) is 11.1. The van der Waals surface area contributed by atoms with E-state index in [4.69, 9.17) is 5.11 Å². The van der Waals surface area contributed by atoms with Crippen molar-refractivity contribution in [3.63, 3.8) is 0 Å². The number of hydrogen-bond donors (Lipinski definition) is 2. The molecule has 0 saturated heterocycles. The molecule has 0 aromatic carbocycles. The van der Waals surface area contributed by atoms with Crippen LogP contribution < -0.4 is 5.32 Å². The van der Waals surface area contributed by atoms with Crippen molar-refractivity contribution in [2.45, 2.75) is 53.0 Å². The van der Waals surface area contributed by atoms with Gasteiger partial charge in [-0.1, -0.05) is 18.9 Å². The number of carboxylic acids is 1. The Morgan fingerprint density at radius 2 is 1.82 bits per heavy atom. The summed E-state index contributed by atoms with van der Waals surface area (Å²) in [7, 11) is 0. The van der Waals surface area contributed by atoms with Crippen LogP contribution in [-0.2, 0) is 9.59 Å². The molecule has 0 aliphatic rings. The zero-order chi connectivity index (χ0) is 13.4. The van der Waals surface area contributed by atoms with Crippen LogP contribution in [0.4, 0.5) is 0 Å². The molecule has 0 spiro atoms. The summed E-state index contributed by atoms with van der Waals surface area (Å²) >= 11 is 0. The van der Waals surface area contributed by atoms with Crippen molar-refractivity contribution in [1.82, 2.24) is 5.32 Å². The highest BCUT2D eigenvalue weighted by atomic mass is 16.4. The van der Waals surface area contributed by atoms with Gasteiger partial charge in [-0.3, -0.25) is 9.59 Å². The number of aliphatic carboxylic acids is 1. The fourth-order valence-electron chi connectivity index (χ4n) is 1.47. The van der Waals surface area contributed by atoms with Crippen LogP contribution in [0.2, 0.25) is 0 Å². The predicted octanol–water partition coefficient (Wildman–Crippen LogP) is 2.35. The van der Waals surface area contributed by atoms with Gasteiger partial charge in [0.2, 0.25) is 5.91 Å². The first-order valence-corrected chi connectivity index (χ1v) is 6.01. The number of carbonyl (C=O) groups excluding carboxylic acids is 1. The van der Waals surface area contributed by atoms with E-state index in [1.165, 1.54) is 0 Å². The molecule has 2 atom stereocenters. The first-order valence-electron chi connectivity index (χ1n) is 6.01. The summed E-state index contributed by atoms with van der Waals surface area (Å²) < 4.78 is 0. The number of amides is 1. The molecule has 98 valence electrons. The normalized spacial score (nSPS) is 13.6. The number of allylic oxidation sites excluding steroid dienone is 1. The number of rotatable bonds is 7. The van der Waals surface area contributed by atoms with Gasteiger partial charge in [0.15, 0.2) is 0 Å². The molecule has 2 unspecified atom stereocenters. The maximum absolute atomic E-state index is 11.4. The maximum atomic E-state index is 11.4. The third-order valence-electron chi connectivity index (χ3n) is 2.50. The second-order valence-corrected chi connectivity index (χ2v) is 4.80. The molecule has 0 bridgehead atoms. The van der Waals surface area contributed by atoms with Gasteiger partial charge in [0.25, 0.3) is 0 Å². The van der Waals surface area contributed by atoms with Crippen molar-refractivity contribution >= 4 is 11.9 Å². The topological polar surface area (TPSA) is 66.4 Å². The lowest BCUT2D eigenvalue weighted by molar-refractivity contribution is -0.141. The van der Waals surface area contributed by atoms with E-state index in [1.807, 2.05) is 20.8 Å². The fourth-order valence-corrected chi connectivity index (χ4v) is 1.47. The van der Waals surface area contributed by atoms with E-state index in [1.54, 1.807) is 13.0 Å². The number of carbonyl (C=O) groups is 2. The van der Waals surface area contributed by atoms with E-state index in [2.05, 4.69) is 5.32 Å². The first kappa shape index (κ1) is 15.7. The molecule has 0 saturated carbocycles. The molecule has 1 amide bonds. The van der Waals surface area contributed by atoms with Crippen molar-refractivity contribution in [2.75, 3.05) is 0 Å². The van der Waals surface area contributed by atoms with Crippen LogP contribution in [0.15, 0.2) is 11.6 Å². The molecule has 2 N–H and O–H groups in total. The van der Waals surface area contributed by atoms with Crippen molar-refractivity contribution in [3.05, 3.63) is 11.6 Å². The van der Waals surface area contributed by atoms with Crippen molar-refractivity contribution < 1.29 is 14.7 Å². The zero-order valence-electron chi connectivity index (χ0n) is 11.1. The molecular weight excluding hydrogens is 218 g/mol. The summed E-state index contributed by atoms with van der Waals surface area (Å²) in [6.07, 6.45) is 3.83. The fraction of sp³-hybridized carbons (Fsp3) is 0.692. The monoisotopic (exact) mass is 241 g/mol. The molecule has 0 radical (unpaired) electrons.